The number of benzene rings is 1. The lowest BCUT2D eigenvalue weighted by Crippen LogP contribution is -2.07. The van der Waals surface area contributed by atoms with Crippen LogP contribution in [0.15, 0.2) is 66.0 Å². The standard InChI is InChI=1S/C22H20N4OS/c1-14(27)24-21-11-17-18(13-26(2)20(17)12-23-21)19-9-16(10-22(25-19)28-3)15-7-5-4-6-8-15/h4-13H,1-3H3,(H,23,24,27). The van der Waals surface area contributed by atoms with Gasteiger partial charge in [0.05, 0.1) is 22.4 Å². The summed E-state index contributed by atoms with van der Waals surface area (Å²) < 4.78 is 2.03. The Hall–Kier alpha value is -3.12. The number of nitrogens with one attached hydrogen (secondary N) is 1. The quantitative estimate of drug-likeness (QED) is 0.501. The van der Waals surface area contributed by atoms with E-state index in [0.29, 0.717) is 5.82 Å². The van der Waals surface area contributed by atoms with Crippen LogP contribution in [-0.4, -0.2) is 26.7 Å². The fourth-order valence-corrected chi connectivity index (χ4v) is 3.71. The van der Waals surface area contributed by atoms with E-state index in [-0.39, 0.29) is 5.91 Å². The number of amides is 1. The highest BCUT2D eigenvalue weighted by Crippen LogP contribution is 2.34. The van der Waals surface area contributed by atoms with E-state index in [9.17, 15) is 4.79 Å². The second-order valence-electron chi connectivity index (χ2n) is 6.57. The van der Waals surface area contributed by atoms with Crippen LogP contribution in [0.3, 0.4) is 0 Å². The summed E-state index contributed by atoms with van der Waals surface area (Å²) >= 11 is 1.62. The first kappa shape index (κ1) is 18.3. The smallest absolute Gasteiger partial charge is 0.222 e. The number of nitrogens with zero attached hydrogens (tertiary/aromatic N) is 3. The molecule has 0 unspecified atom stereocenters. The summed E-state index contributed by atoms with van der Waals surface area (Å²) in [6, 6.07) is 16.4. The zero-order valence-corrected chi connectivity index (χ0v) is 16.7. The molecule has 0 saturated carbocycles. The molecule has 28 heavy (non-hydrogen) atoms. The molecule has 0 radical (unpaired) electrons. The lowest BCUT2D eigenvalue weighted by molar-refractivity contribution is -0.114. The minimum Gasteiger partial charge on any atom is -0.349 e. The van der Waals surface area contributed by atoms with Crippen molar-refractivity contribution < 1.29 is 4.79 Å². The third-order valence-corrected chi connectivity index (χ3v) is 5.20. The van der Waals surface area contributed by atoms with Crippen molar-refractivity contribution in [3.05, 3.63) is 60.9 Å². The molecule has 1 N–H and O–H groups in total. The van der Waals surface area contributed by atoms with Gasteiger partial charge in [0.2, 0.25) is 5.91 Å². The lowest BCUT2D eigenvalue weighted by atomic mass is 10.0. The fraction of sp³-hybridized carbons (Fsp3) is 0.136. The Bertz CT molecular complexity index is 1170. The third-order valence-electron chi connectivity index (χ3n) is 4.57. The first-order valence-electron chi connectivity index (χ1n) is 8.89. The lowest BCUT2D eigenvalue weighted by Gasteiger charge is -2.08. The molecule has 0 aliphatic carbocycles. The Morgan fingerprint density at radius 3 is 2.61 bits per heavy atom. The van der Waals surface area contributed by atoms with Crippen LogP contribution in [0.1, 0.15) is 6.92 Å². The Morgan fingerprint density at radius 1 is 1.11 bits per heavy atom. The summed E-state index contributed by atoms with van der Waals surface area (Å²) in [5.74, 6) is 0.398. The highest BCUT2D eigenvalue weighted by atomic mass is 32.2. The fourth-order valence-electron chi connectivity index (χ4n) is 3.28. The average Bonchev–Trinajstić information content (AvgIpc) is 3.04. The number of fused-ring (bicyclic) bond motifs is 1. The first-order valence-corrected chi connectivity index (χ1v) is 10.1. The molecule has 3 heterocycles. The predicted molar refractivity (Wildman–Crippen MR) is 115 cm³/mol. The summed E-state index contributed by atoms with van der Waals surface area (Å²) in [5, 5.41) is 4.73. The zero-order valence-electron chi connectivity index (χ0n) is 15.9. The van der Waals surface area contributed by atoms with Crippen molar-refractivity contribution >= 4 is 34.4 Å². The van der Waals surface area contributed by atoms with Gasteiger partial charge in [-0.05, 0) is 35.6 Å². The van der Waals surface area contributed by atoms with Crippen molar-refractivity contribution in [1.29, 1.82) is 0 Å². The summed E-state index contributed by atoms with van der Waals surface area (Å²) in [4.78, 5) is 20.6. The maximum Gasteiger partial charge on any atom is 0.222 e. The molecule has 0 bridgehead atoms. The normalized spacial score (nSPS) is 11.0. The van der Waals surface area contributed by atoms with Gasteiger partial charge < -0.3 is 9.88 Å². The summed E-state index contributed by atoms with van der Waals surface area (Å²) in [6.07, 6.45) is 5.87. The number of hydrogen-bond acceptors (Lipinski definition) is 4. The molecule has 0 atom stereocenters. The van der Waals surface area contributed by atoms with Crippen molar-refractivity contribution in [2.75, 3.05) is 11.6 Å². The predicted octanol–water partition coefficient (Wildman–Crippen LogP) is 4.98. The molecule has 1 amide bonds. The Balaban J connectivity index is 1.90. The molecule has 0 fully saturated rings. The molecule has 4 rings (SSSR count). The number of thioether (sulfide) groups is 1. The monoisotopic (exact) mass is 388 g/mol. The number of carbonyl (C=O) groups is 1. The van der Waals surface area contributed by atoms with Crippen molar-refractivity contribution in [3.8, 4) is 22.4 Å². The molecule has 5 nitrogen and oxygen atoms in total. The van der Waals surface area contributed by atoms with E-state index in [4.69, 9.17) is 4.98 Å². The molecule has 0 spiro atoms. The largest absolute Gasteiger partial charge is 0.349 e. The SMILES string of the molecule is CSc1cc(-c2ccccc2)cc(-c2cn(C)c3cnc(NC(C)=O)cc23)n1. The molecule has 6 heteroatoms. The second kappa shape index (κ2) is 7.48. The van der Waals surface area contributed by atoms with Gasteiger partial charge in [-0.2, -0.15) is 0 Å². The Kier molecular flexibility index (Phi) is 4.88. The molecule has 4 aromatic rings. The maximum absolute atomic E-state index is 11.4. The first-order chi connectivity index (χ1) is 13.5. The molecular formula is C22H20N4OS. The van der Waals surface area contributed by atoms with Crippen molar-refractivity contribution in [3.63, 3.8) is 0 Å². The van der Waals surface area contributed by atoms with Crippen molar-refractivity contribution in [2.24, 2.45) is 7.05 Å². The summed E-state index contributed by atoms with van der Waals surface area (Å²) in [7, 11) is 1.99. The third kappa shape index (κ3) is 3.51. The van der Waals surface area contributed by atoms with Gasteiger partial charge in [-0.15, -0.1) is 11.8 Å². The highest BCUT2D eigenvalue weighted by molar-refractivity contribution is 7.98. The van der Waals surface area contributed by atoms with E-state index in [1.165, 1.54) is 6.92 Å². The van der Waals surface area contributed by atoms with Gasteiger partial charge in [0.25, 0.3) is 0 Å². The van der Waals surface area contributed by atoms with Gasteiger partial charge in [0, 0.05) is 31.1 Å². The number of carbonyl (C=O) groups excluding carboxylic acids is 1. The highest BCUT2D eigenvalue weighted by Gasteiger charge is 2.14. The molecule has 3 aromatic heterocycles. The number of anilines is 1. The van der Waals surface area contributed by atoms with Crippen LogP contribution >= 0.6 is 11.8 Å². The van der Waals surface area contributed by atoms with Crippen LogP contribution in [0, 0.1) is 0 Å². The van der Waals surface area contributed by atoms with Gasteiger partial charge in [0.1, 0.15) is 5.82 Å². The van der Waals surface area contributed by atoms with Gasteiger partial charge in [-0.1, -0.05) is 30.3 Å². The van der Waals surface area contributed by atoms with E-state index >= 15 is 0 Å². The van der Waals surface area contributed by atoms with E-state index in [2.05, 4.69) is 40.8 Å². The number of hydrogen-bond donors (Lipinski definition) is 1. The van der Waals surface area contributed by atoms with Gasteiger partial charge in [0.15, 0.2) is 0 Å². The van der Waals surface area contributed by atoms with Crippen LogP contribution in [0.4, 0.5) is 5.82 Å². The Labute approximate surface area is 167 Å². The molecule has 0 aliphatic rings. The maximum atomic E-state index is 11.4. The number of aryl methyl sites for hydroxylation is 1. The van der Waals surface area contributed by atoms with Crippen LogP contribution in [0.2, 0.25) is 0 Å². The van der Waals surface area contributed by atoms with Crippen LogP contribution < -0.4 is 5.32 Å². The summed E-state index contributed by atoms with van der Waals surface area (Å²) in [6.45, 7) is 1.48. The molecular weight excluding hydrogens is 368 g/mol. The Morgan fingerprint density at radius 2 is 1.89 bits per heavy atom. The number of aromatic nitrogens is 3. The van der Waals surface area contributed by atoms with Gasteiger partial charge >= 0.3 is 0 Å². The second-order valence-corrected chi connectivity index (χ2v) is 7.40. The van der Waals surface area contributed by atoms with E-state index in [1.54, 1.807) is 18.0 Å². The minimum atomic E-state index is -0.141. The summed E-state index contributed by atoms with van der Waals surface area (Å²) in [5.41, 5.74) is 5.18. The molecule has 0 aliphatic heterocycles. The van der Waals surface area contributed by atoms with Crippen molar-refractivity contribution in [2.45, 2.75) is 11.9 Å². The molecule has 0 saturated heterocycles. The van der Waals surface area contributed by atoms with Crippen LogP contribution in [-0.2, 0) is 11.8 Å². The van der Waals surface area contributed by atoms with Crippen LogP contribution in [0.5, 0.6) is 0 Å². The van der Waals surface area contributed by atoms with E-state index in [1.807, 2.05) is 42.1 Å². The molecule has 140 valence electrons. The number of pyridine rings is 2. The van der Waals surface area contributed by atoms with Gasteiger partial charge in [-0.3, -0.25) is 4.79 Å². The topological polar surface area (TPSA) is 59.8 Å². The number of rotatable bonds is 4. The van der Waals surface area contributed by atoms with Gasteiger partial charge in [-0.25, -0.2) is 9.97 Å². The minimum absolute atomic E-state index is 0.141. The van der Waals surface area contributed by atoms with Crippen LogP contribution in [0.25, 0.3) is 33.3 Å². The zero-order chi connectivity index (χ0) is 19.7. The molecule has 1 aromatic carbocycles. The average molecular weight is 388 g/mol. The van der Waals surface area contributed by atoms with E-state index < -0.39 is 0 Å². The van der Waals surface area contributed by atoms with Crippen molar-refractivity contribution in [1.82, 2.24) is 14.5 Å². The van der Waals surface area contributed by atoms with E-state index in [0.717, 1.165) is 38.3 Å².